The van der Waals surface area contributed by atoms with Gasteiger partial charge in [0.15, 0.2) is 12.6 Å². The normalized spacial score (nSPS) is 24.6. The molecule has 10 nitrogen and oxygen atoms in total. The van der Waals surface area contributed by atoms with Crippen LogP contribution in [-0.4, -0.2) is 62.1 Å². The maximum absolute atomic E-state index is 13.0. The zero-order valence-corrected chi connectivity index (χ0v) is 32.3. The molecule has 8 rings (SSSR count). The van der Waals surface area contributed by atoms with Crippen molar-refractivity contribution in [2.24, 2.45) is 11.8 Å². The van der Waals surface area contributed by atoms with E-state index in [1.807, 2.05) is 12.1 Å². The van der Waals surface area contributed by atoms with Crippen LogP contribution in [0.15, 0.2) is 84.9 Å². The summed E-state index contributed by atoms with van der Waals surface area (Å²) in [4.78, 5) is 26.1. The summed E-state index contributed by atoms with van der Waals surface area (Å²) in [6.07, 6.45) is 11.2. The Kier molecular flexibility index (Phi) is 12.2. The quantitative estimate of drug-likeness (QED) is 0.0420. The van der Waals surface area contributed by atoms with Crippen molar-refractivity contribution in [3.63, 3.8) is 0 Å². The molecule has 4 fully saturated rings. The minimum Gasteiger partial charge on any atom is -0.465 e. The molecular formula is C46H52O10. The van der Waals surface area contributed by atoms with Gasteiger partial charge < -0.3 is 37.9 Å². The summed E-state index contributed by atoms with van der Waals surface area (Å²) >= 11 is 0. The van der Waals surface area contributed by atoms with E-state index in [0.717, 1.165) is 75.0 Å². The number of epoxide rings is 2. The smallest absolute Gasteiger partial charge is 0.343 e. The van der Waals surface area contributed by atoms with Crippen LogP contribution in [0.1, 0.15) is 98.8 Å². The highest BCUT2D eigenvalue weighted by atomic mass is 16.7. The van der Waals surface area contributed by atoms with Gasteiger partial charge >= 0.3 is 11.9 Å². The fourth-order valence-corrected chi connectivity index (χ4v) is 7.89. The van der Waals surface area contributed by atoms with Crippen molar-refractivity contribution in [1.29, 1.82) is 0 Å². The summed E-state index contributed by atoms with van der Waals surface area (Å²) < 4.78 is 47.4. The van der Waals surface area contributed by atoms with Gasteiger partial charge in [-0.15, -0.1) is 0 Å². The molecule has 2 saturated carbocycles. The predicted octanol–water partition coefficient (Wildman–Crippen LogP) is 9.46. The Bertz CT molecular complexity index is 1800. The van der Waals surface area contributed by atoms with Crippen molar-refractivity contribution in [2.45, 2.75) is 115 Å². The zero-order valence-electron chi connectivity index (χ0n) is 32.3. The summed E-state index contributed by atoms with van der Waals surface area (Å²) in [5.41, 5.74) is 0.813. The standard InChI is InChI=1S/C46H52O10/c1-3-5-43(49-27-29-7-21-39-41(23-29)55-39)51-35-15-9-31(10-16-35)45(47)53-37-19-13-34-26-38(20-14-33(34)25-37)54-46(48)32-11-17-36(18-12-32)52-44(6-4-2)50-28-30-8-22-40-42(24-30)56-40/h9-20,25-26,29-30,39-44H,3-8,21-24,27-28H2,1-2H3. The van der Waals surface area contributed by atoms with Crippen molar-refractivity contribution < 1.29 is 47.5 Å². The average molecular weight is 765 g/mol. The number of carbonyl (C=O) groups is 2. The molecule has 0 radical (unpaired) electrons. The van der Waals surface area contributed by atoms with E-state index in [1.165, 1.54) is 0 Å². The van der Waals surface area contributed by atoms with Gasteiger partial charge in [-0.3, -0.25) is 0 Å². The second kappa shape index (κ2) is 17.8. The molecule has 56 heavy (non-hydrogen) atoms. The molecule has 10 heteroatoms. The van der Waals surface area contributed by atoms with E-state index in [4.69, 9.17) is 37.9 Å². The molecule has 0 amide bonds. The zero-order chi connectivity index (χ0) is 38.4. The maximum atomic E-state index is 13.0. The number of esters is 2. The van der Waals surface area contributed by atoms with E-state index in [2.05, 4.69) is 13.8 Å². The third-order valence-corrected chi connectivity index (χ3v) is 11.2. The molecule has 0 aromatic heterocycles. The molecule has 296 valence electrons. The lowest BCUT2D eigenvalue weighted by atomic mass is 9.90. The van der Waals surface area contributed by atoms with Crippen LogP contribution in [0.3, 0.4) is 0 Å². The third-order valence-electron chi connectivity index (χ3n) is 11.2. The molecule has 8 unspecified atom stereocenters. The Hall–Kier alpha value is -4.48. The second-order valence-corrected chi connectivity index (χ2v) is 15.6. The number of ether oxygens (including phenoxy) is 8. The SMILES string of the molecule is CCCC(OCC1CCC2OC2C1)Oc1ccc(C(=O)Oc2ccc3cc(OC(=O)c4ccc(OC(CCC)OCC5CCC6OC6C5)cc4)ccc3c2)cc1. The van der Waals surface area contributed by atoms with Crippen LogP contribution in [-0.2, 0) is 18.9 Å². The van der Waals surface area contributed by atoms with Crippen molar-refractivity contribution in [3.8, 4) is 23.0 Å². The van der Waals surface area contributed by atoms with E-state index in [0.29, 0.717) is 83.6 Å². The van der Waals surface area contributed by atoms with E-state index >= 15 is 0 Å². The summed E-state index contributed by atoms with van der Waals surface area (Å²) in [7, 11) is 0. The van der Waals surface area contributed by atoms with Gasteiger partial charge in [0, 0.05) is 12.8 Å². The van der Waals surface area contributed by atoms with Crippen molar-refractivity contribution >= 4 is 22.7 Å². The lowest BCUT2D eigenvalue weighted by molar-refractivity contribution is -0.0983. The maximum Gasteiger partial charge on any atom is 0.343 e. The van der Waals surface area contributed by atoms with Crippen molar-refractivity contribution in [2.75, 3.05) is 13.2 Å². The van der Waals surface area contributed by atoms with Crippen molar-refractivity contribution in [1.82, 2.24) is 0 Å². The Morgan fingerprint density at radius 3 is 1.36 bits per heavy atom. The molecule has 0 bridgehead atoms. The fourth-order valence-electron chi connectivity index (χ4n) is 7.89. The number of hydrogen-bond acceptors (Lipinski definition) is 10. The van der Waals surface area contributed by atoms with Gasteiger partial charge in [0.2, 0.25) is 0 Å². The molecule has 0 N–H and O–H groups in total. The first kappa shape index (κ1) is 38.4. The molecule has 2 aliphatic heterocycles. The molecule has 8 atom stereocenters. The molecule has 2 saturated heterocycles. The summed E-state index contributed by atoms with van der Waals surface area (Å²) in [6.45, 7) is 5.55. The number of rotatable bonds is 18. The highest BCUT2D eigenvalue weighted by Crippen LogP contribution is 2.40. The molecule has 4 aromatic rings. The topological polar surface area (TPSA) is 115 Å². The number of benzene rings is 4. The highest BCUT2D eigenvalue weighted by molar-refractivity contribution is 5.94. The molecule has 2 aliphatic carbocycles. The van der Waals surface area contributed by atoms with Gasteiger partial charge in [-0.1, -0.05) is 38.8 Å². The number of hydrogen-bond donors (Lipinski definition) is 0. The third kappa shape index (κ3) is 10.1. The molecule has 4 aromatic carbocycles. The Labute approximate surface area is 328 Å². The van der Waals surface area contributed by atoms with Gasteiger partial charge in [-0.2, -0.15) is 0 Å². The molecule has 4 aliphatic rings. The van der Waals surface area contributed by atoms with E-state index in [9.17, 15) is 9.59 Å². The Morgan fingerprint density at radius 2 is 0.964 bits per heavy atom. The molecule has 2 heterocycles. The average Bonchev–Trinajstić information content (AvgIpc) is 4.15. The van der Waals surface area contributed by atoms with Gasteiger partial charge in [0.25, 0.3) is 0 Å². The van der Waals surface area contributed by atoms with Gasteiger partial charge in [0.05, 0.1) is 48.8 Å². The van der Waals surface area contributed by atoms with Crippen LogP contribution in [0.2, 0.25) is 0 Å². The fraction of sp³-hybridized carbons (Fsp3) is 0.478. The predicted molar refractivity (Wildman–Crippen MR) is 209 cm³/mol. The van der Waals surface area contributed by atoms with Crippen LogP contribution in [0.5, 0.6) is 23.0 Å². The largest absolute Gasteiger partial charge is 0.465 e. The van der Waals surface area contributed by atoms with Gasteiger partial charge in [-0.05, 0) is 134 Å². The minimum absolute atomic E-state index is 0.342. The lowest BCUT2D eigenvalue weighted by Gasteiger charge is -2.24. The highest BCUT2D eigenvalue weighted by Gasteiger charge is 2.44. The first-order valence-electron chi connectivity index (χ1n) is 20.4. The van der Waals surface area contributed by atoms with E-state index < -0.39 is 11.9 Å². The summed E-state index contributed by atoms with van der Waals surface area (Å²) in [5.74, 6) is 2.15. The van der Waals surface area contributed by atoms with Crippen LogP contribution in [0.25, 0.3) is 10.8 Å². The molecular weight excluding hydrogens is 712 g/mol. The Morgan fingerprint density at radius 1 is 0.554 bits per heavy atom. The van der Waals surface area contributed by atoms with Gasteiger partial charge in [0.1, 0.15) is 23.0 Å². The van der Waals surface area contributed by atoms with Crippen molar-refractivity contribution in [3.05, 3.63) is 96.1 Å². The lowest BCUT2D eigenvalue weighted by Crippen LogP contribution is -2.26. The van der Waals surface area contributed by atoms with Crippen LogP contribution in [0, 0.1) is 11.8 Å². The van der Waals surface area contributed by atoms with E-state index in [1.54, 1.807) is 72.8 Å². The Balaban J connectivity index is 0.804. The van der Waals surface area contributed by atoms with E-state index in [-0.39, 0.29) is 12.6 Å². The first-order valence-corrected chi connectivity index (χ1v) is 20.4. The summed E-state index contributed by atoms with van der Waals surface area (Å²) in [6, 6.07) is 24.5. The first-order chi connectivity index (χ1) is 27.4. The van der Waals surface area contributed by atoms with Crippen LogP contribution >= 0.6 is 0 Å². The molecule has 0 spiro atoms. The summed E-state index contributed by atoms with van der Waals surface area (Å²) in [5, 5.41) is 1.66. The van der Waals surface area contributed by atoms with Crippen LogP contribution < -0.4 is 18.9 Å². The number of carbonyl (C=O) groups excluding carboxylic acids is 2. The van der Waals surface area contributed by atoms with Gasteiger partial charge in [-0.25, -0.2) is 9.59 Å². The monoisotopic (exact) mass is 764 g/mol. The second-order valence-electron chi connectivity index (χ2n) is 15.6. The minimum atomic E-state index is -0.475. The van der Waals surface area contributed by atoms with Crippen LogP contribution in [0.4, 0.5) is 0 Å². The number of fused-ring (bicyclic) bond motifs is 3.